The number of allylic oxidation sites excluding steroid dienone is 4. The number of rotatable bonds is 1. The van der Waals surface area contributed by atoms with Gasteiger partial charge in [0.15, 0.2) is 0 Å². The summed E-state index contributed by atoms with van der Waals surface area (Å²) in [7, 11) is 0. The van der Waals surface area contributed by atoms with Gasteiger partial charge in [-0.3, -0.25) is 0 Å². The van der Waals surface area contributed by atoms with Crippen LogP contribution in [-0.2, 0) is 0 Å². The van der Waals surface area contributed by atoms with E-state index in [-0.39, 0.29) is 0 Å². The van der Waals surface area contributed by atoms with Crippen LogP contribution < -0.4 is 0 Å². The molecule has 0 saturated heterocycles. The molecule has 0 saturated carbocycles. The minimum Gasteiger partial charge on any atom is -0.0879 e. The van der Waals surface area contributed by atoms with Crippen molar-refractivity contribution < 1.29 is 0 Å². The van der Waals surface area contributed by atoms with Crippen molar-refractivity contribution in [1.29, 1.82) is 0 Å². The summed E-state index contributed by atoms with van der Waals surface area (Å²) < 4.78 is 0. The molecule has 2 rings (SSSR count). The summed E-state index contributed by atoms with van der Waals surface area (Å²) in [6, 6.07) is 10.6. The Morgan fingerprint density at radius 1 is 0.846 bits per heavy atom. The zero-order valence-electron chi connectivity index (χ0n) is 7.74. The molecule has 0 heteroatoms. The second-order valence-corrected chi connectivity index (χ2v) is 3.35. The van der Waals surface area contributed by atoms with Crippen LogP contribution in [0.4, 0.5) is 0 Å². The van der Waals surface area contributed by atoms with Gasteiger partial charge >= 0.3 is 0 Å². The summed E-state index contributed by atoms with van der Waals surface area (Å²) in [5.74, 6) is 0. The third kappa shape index (κ3) is 2.09. The maximum Gasteiger partial charge on any atom is -0.00947 e. The number of hydrogen-bond acceptors (Lipinski definition) is 0. The molecule has 0 nitrogen and oxygen atoms in total. The van der Waals surface area contributed by atoms with Crippen LogP contribution in [0.2, 0.25) is 0 Å². The lowest BCUT2D eigenvalue weighted by molar-refractivity contribution is 1.06. The Morgan fingerprint density at radius 3 is 2.54 bits per heavy atom. The van der Waals surface area contributed by atoms with Gasteiger partial charge < -0.3 is 0 Å². The molecule has 1 aliphatic carbocycles. The molecular formula is C13H14. The molecule has 0 unspecified atom stereocenters. The van der Waals surface area contributed by atoms with Crippen molar-refractivity contribution in [3.8, 4) is 0 Å². The van der Waals surface area contributed by atoms with Crippen molar-refractivity contribution in [1.82, 2.24) is 0 Å². The van der Waals surface area contributed by atoms with Gasteiger partial charge in [0.25, 0.3) is 0 Å². The quantitative estimate of drug-likeness (QED) is 0.562. The molecule has 13 heavy (non-hydrogen) atoms. The molecule has 1 aromatic rings. The standard InChI is InChI=1S/C13H14/c1-2-5-9-12(8-4-1)13-10-6-3-7-11-13/h1,3-4,6-7,9-11H,2,5,8H2. The number of benzene rings is 1. The molecule has 0 aromatic heterocycles. The van der Waals surface area contributed by atoms with E-state index < -0.39 is 0 Å². The Kier molecular flexibility index (Phi) is 2.61. The van der Waals surface area contributed by atoms with E-state index >= 15 is 0 Å². The van der Waals surface area contributed by atoms with Crippen molar-refractivity contribution in [3.63, 3.8) is 0 Å². The minimum atomic E-state index is 1.09. The van der Waals surface area contributed by atoms with E-state index in [0.29, 0.717) is 0 Å². The molecule has 0 heterocycles. The molecule has 0 fully saturated rings. The van der Waals surface area contributed by atoms with Gasteiger partial charge in [-0.1, -0.05) is 48.6 Å². The van der Waals surface area contributed by atoms with Gasteiger partial charge in [-0.2, -0.15) is 0 Å². The Morgan fingerprint density at radius 2 is 1.69 bits per heavy atom. The predicted molar refractivity (Wildman–Crippen MR) is 57.4 cm³/mol. The fourth-order valence-electron chi connectivity index (χ4n) is 1.65. The van der Waals surface area contributed by atoms with Crippen molar-refractivity contribution in [3.05, 3.63) is 54.1 Å². The number of hydrogen-bond donors (Lipinski definition) is 0. The lowest BCUT2D eigenvalue weighted by Crippen LogP contribution is -1.81. The van der Waals surface area contributed by atoms with Crippen molar-refractivity contribution in [2.24, 2.45) is 0 Å². The SMILES string of the molecule is C1=CCC(c2ccccc2)=CCC1. The molecule has 0 radical (unpaired) electrons. The first-order chi connectivity index (χ1) is 6.47. The van der Waals surface area contributed by atoms with Crippen LogP contribution in [0.3, 0.4) is 0 Å². The molecule has 1 aromatic carbocycles. The highest BCUT2D eigenvalue weighted by Gasteiger charge is 1.99. The van der Waals surface area contributed by atoms with E-state index in [9.17, 15) is 0 Å². The maximum atomic E-state index is 2.36. The second kappa shape index (κ2) is 4.08. The Hall–Kier alpha value is -1.30. The third-order valence-corrected chi connectivity index (χ3v) is 2.37. The first kappa shape index (κ1) is 8.31. The first-order valence-corrected chi connectivity index (χ1v) is 4.86. The topological polar surface area (TPSA) is 0 Å². The summed E-state index contributed by atoms with van der Waals surface area (Å²) in [5.41, 5.74) is 2.84. The van der Waals surface area contributed by atoms with Crippen LogP contribution in [0.25, 0.3) is 5.57 Å². The molecular weight excluding hydrogens is 156 g/mol. The van der Waals surface area contributed by atoms with Crippen LogP contribution in [0, 0.1) is 0 Å². The second-order valence-electron chi connectivity index (χ2n) is 3.35. The van der Waals surface area contributed by atoms with Gasteiger partial charge in [-0.15, -0.1) is 0 Å². The van der Waals surface area contributed by atoms with Crippen LogP contribution in [0.5, 0.6) is 0 Å². The highest BCUT2D eigenvalue weighted by atomic mass is 14.0. The molecule has 0 aliphatic heterocycles. The highest BCUT2D eigenvalue weighted by molar-refractivity contribution is 5.66. The van der Waals surface area contributed by atoms with Gasteiger partial charge in [0.05, 0.1) is 0 Å². The maximum absolute atomic E-state index is 2.36. The lowest BCUT2D eigenvalue weighted by atomic mass is 10.0. The Balaban J connectivity index is 2.25. The molecule has 0 amide bonds. The summed E-state index contributed by atoms with van der Waals surface area (Å²) in [5, 5.41) is 0. The summed E-state index contributed by atoms with van der Waals surface area (Å²) in [6.07, 6.45) is 10.4. The van der Waals surface area contributed by atoms with E-state index in [1.165, 1.54) is 24.0 Å². The normalized spacial score (nSPS) is 16.5. The fraction of sp³-hybridized carbons (Fsp3) is 0.231. The van der Waals surface area contributed by atoms with Gasteiger partial charge in [-0.25, -0.2) is 0 Å². The van der Waals surface area contributed by atoms with E-state index in [0.717, 1.165) is 6.42 Å². The van der Waals surface area contributed by atoms with Crippen LogP contribution in [0.15, 0.2) is 48.6 Å². The van der Waals surface area contributed by atoms with Crippen LogP contribution >= 0.6 is 0 Å². The lowest BCUT2D eigenvalue weighted by Gasteiger charge is -2.02. The molecule has 0 spiro atoms. The molecule has 0 N–H and O–H groups in total. The van der Waals surface area contributed by atoms with Crippen LogP contribution in [0.1, 0.15) is 24.8 Å². The van der Waals surface area contributed by atoms with Crippen molar-refractivity contribution >= 4 is 5.57 Å². The largest absolute Gasteiger partial charge is 0.0879 e. The smallest absolute Gasteiger partial charge is 0.00947 e. The van der Waals surface area contributed by atoms with Gasteiger partial charge in [0.1, 0.15) is 0 Å². The van der Waals surface area contributed by atoms with E-state index in [2.05, 4.69) is 48.6 Å². The molecule has 66 valence electrons. The summed E-state index contributed by atoms with van der Waals surface area (Å²) >= 11 is 0. The molecule has 0 atom stereocenters. The monoisotopic (exact) mass is 170 g/mol. The Labute approximate surface area is 79.6 Å². The van der Waals surface area contributed by atoms with Gasteiger partial charge in [-0.05, 0) is 30.4 Å². The van der Waals surface area contributed by atoms with Crippen molar-refractivity contribution in [2.75, 3.05) is 0 Å². The fourth-order valence-corrected chi connectivity index (χ4v) is 1.65. The minimum absolute atomic E-state index is 1.09. The van der Waals surface area contributed by atoms with E-state index in [4.69, 9.17) is 0 Å². The average molecular weight is 170 g/mol. The average Bonchev–Trinajstić information content (AvgIpc) is 2.47. The van der Waals surface area contributed by atoms with E-state index in [1.54, 1.807) is 0 Å². The van der Waals surface area contributed by atoms with Gasteiger partial charge in [0, 0.05) is 0 Å². The molecule has 0 bridgehead atoms. The van der Waals surface area contributed by atoms with E-state index in [1.807, 2.05) is 0 Å². The first-order valence-electron chi connectivity index (χ1n) is 4.86. The summed E-state index contributed by atoms with van der Waals surface area (Å²) in [4.78, 5) is 0. The molecule has 1 aliphatic rings. The highest BCUT2D eigenvalue weighted by Crippen LogP contribution is 2.21. The zero-order valence-corrected chi connectivity index (χ0v) is 7.74. The zero-order chi connectivity index (χ0) is 8.93. The van der Waals surface area contributed by atoms with Crippen LogP contribution in [-0.4, -0.2) is 0 Å². The summed E-state index contributed by atoms with van der Waals surface area (Å²) in [6.45, 7) is 0. The predicted octanol–water partition coefficient (Wildman–Crippen LogP) is 3.81. The van der Waals surface area contributed by atoms with Gasteiger partial charge in [0.2, 0.25) is 0 Å². The third-order valence-electron chi connectivity index (χ3n) is 2.37. The van der Waals surface area contributed by atoms with Crippen molar-refractivity contribution in [2.45, 2.75) is 19.3 Å². The Bertz CT molecular complexity index is 317.